The Morgan fingerprint density at radius 3 is 2.53 bits per heavy atom. The number of H-pyrrole nitrogens is 1. The van der Waals surface area contributed by atoms with Crippen molar-refractivity contribution in [3.8, 4) is 0 Å². The molecule has 172 valence electrons. The number of carbonyl (C=O) groups is 3. The number of aromatic amines is 1. The van der Waals surface area contributed by atoms with E-state index in [4.69, 9.17) is 10.5 Å². The minimum Gasteiger partial charge on any atom is -0.456 e. The standard InChI is InChI=1S/C20H23FN4O6S/c1-3-8-25-17(22)16(18(28)24-20(25)30)14(26)9-31-19(29)11(2)32-10-15(27)23-13-6-4-12(21)5-7-13/h4-7,11H,3,8-10,22H2,1-2H3,(H,23,27)(H,24,28,30). The number of aromatic nitrogens is 2. The van der Waals surface area contributed by atoms with Gasteiger partial charge in [-0.05, 0) is 37.6 Å². The summed E-state index contributed by atoms with van der Waals surface area (Å²) in [4.78, 5) is 62.3. The highest BCUT2D eigenvalue weighted by molar-refractivity contribution is 8.01. The summed E-state index contributed by atoms with van der Waals surface area (Å²) in [6.07, 6.45) is 0.544. The number of nitrogens with zero attached hydrogens (tertiary/aromatic N) is 1. The zero-order valence-corrected chi connectivity index (χ0v) is 18.3. The van der Waals surface area contributed by atoms with Crippen molar-refractivity contribution in [3.05, 3.63) is 56.5 Å². The van der Waals surface area contributed by atoms with Crippen LogP contribution in [0.3, 0.4) is 0 Å². The number of nitrogen functional groups attached to an aromatic ring is 1. The van der Waals surface area contributed by atoms with Gasteiger partial charge in [-0.1, -0.05) is 6.92 Å². The second kappa shape index (κ2) is 11.3. The lowest BCUT2D eigenvalue weighted by atomic mass is 10.2. The van der Waals surface area contributed by atoms with Gasteiger partial charge in [0.25, 0.3) is 5.56 Å². The molecule has 1 amide bonds. The summed E-state index contributed by atoms with van der Waals surface area (Å²) < 4.78 is 18.9. The van der Waals surface area contributed by atoms with Crippen LogP contribution in [0.5, 0.6) is 0 Å². The molecule has 4 N–H and O–H groups in total. The van der Waals surface area contributed by atoms with Crippen LogP contribution in [0.2, 0.25) is 0 Å². The molecule has 0 aliphatic rings. The van der Waals surface area contributed by atoms with Crippen LogP contribution in [0.25, 0.3) is 0 Å². The highest BCUT2D eigenvalue weighted by Gasteiger charge is 2.23. The van der Waals surface area contributed by atoms with Gasteiger partial charge in [-0.15, -0.1) is 11.8 Å². The van der Waals surface area contributed by atoms with Gasteiger partial charge < -0.3 is 15.8 Å². The van der Waals surface area contributed by atoms with E-state index in [2.05, 4.69) is 5.32 Å². The van der Waals surface area contributed by atoms with Crippen molar-refractivity contribution in [2.45, 2.75) is 32.1 Å². The van der Waals surface area contributed by atoms with Gasteiger partial charge in [0.15, 0.2) is 6.61 Å². The van der Waals surface area contributed by atoms with E-state index in [0.717, 1.165) is 16.3 Å². The largest absolute Gasteiger partial charge is 0.456 e. The summed E-state index contributed by atoms with van der Waals surface area (Å²) in [5.74, 6) is -2.84. The summed E-state index contributed by atoms with van der Waals surface area (Å²) in [5.41, 5.74) is 4.07. The Morgan fingerprint density at radius 2 is 1.91 bits per heavy atom. The molecule has 0 bridgehead atoms. The van der Waals surface area contributed by atoms with Gasteiger partial charge in [-0.3, -0.25) is 28.7 Å². The van der Waals surface area contributed by atoms with Crippen molar-refractivity contribution in [3.63, 3.8) is 0 Å². The van der Waals surface area contributed by atoms with Crippen molar-refractivity contribution in [1.82, 2.24) is 9.55 Å². The van der Waals surface area contributed by atoms with Crippen LogP contribution in [-0.4, -0.2) is 44.8 Å². The summed E-state index contributed by atoms with van der Waals surface area (Å²) in [7, 11) is 0. The Morgan fingerprint density at radius 1 is 1.25 bits per heavy atom. The lowest BCUT2D eigenvalue weighted by molar-refractivity contribution is -0.141. The van der Waals surface area contributed by atoms with Crippen LogP contribution in [0.1, 0.15) is 30.6 Å². The molecule has 0 aliphatic carbocycles. The Bertz CT molecular complexity index is 1110. The lowest BCUT2D eigenvalue weighted by Gasteiger charge is -2.13. The number of ether oxygens (including phenoxy) is 1. The highest BCUT2D eigenvalue weighted by Crippen LogP contribution is 2.15. The number of carbonyl (C=O) groups excluding carboxylic acids is 3. The number of ketones is 1. The first-order valence-corrected chi connectivity index (χ1v) is 10.7. The maximum Gasteiger partial charge on any atom is 0.329 e. The minimum absolute atomic E-state index is 0.0871. The molecule has 12 heteroatoms. The number of Topliss-reactive ketones (excluding diaryl/α,β-unsaturated/α-hetero) is 1. The number of hydrogen-bond donors (Lipinski definition) is 3. The number of hydrogen-bond acceptors (Lipinski definition) is 8. The molecule has 0 saturated carbocycles. The maximum atomic E-state index is 12.9. The molecule has 2 rings (SSSR count). The Kier molecular flexibility index (Phi) is 8.76. The van der Waals surface area contributed by atoms with E-state index in [-0.39, 0.29) is 18.1 Å². The van der Waals surface area contributed by atoms with Crippen molar-refractivity contribution < 1.29 is 23.5 Å². The molecule has 0 aliphatic heterocycles. The fourth-order valence-electron chi connectivity index (χ4n) is 2.63. The van der Waals surface area contributed by atoms with E-state index in [0.29, 0.717) is 12.1 Å². The number of amides is 1. The molecule has 1 unspecified atom stereocenters. The van der Waals surface area contributed by atoms with Gasteiger partial charge in [0.05, 0.1) is 5.75 Å². The molecule has 10 nitrogen and oxygen atoms in total. The normalized spacial score (nSPS) is 11.6. The number of nitrogens with two attached hydrogens (primary N) is 1. The quantitative estimate of drug-likeness (QED) is 0.348. The van der Waals surface area contributed by atoms with Gasteiger partial charge in [0.1, 0.15) is 22.4 Å². The second-order valence-electron chi connectivity index (χ2n) is 6.71. The lowest BCUT2D eigenvalue weighted by Crippen LogP contribution is -2.37. The first kappa shape index (κ1) is 24.9. The van der Waals surface area contributed by atoms with Crippen LogP contribution >= 0.6 is 11.8 Å². The van der Waals surface area contributed by atoms with E-state index in [1.54, 1.807) is 6.92 Å². The molecule has 0 saturated heterocycles. The SMILES string of the molecule is CCCn1c(N)c(C(=O)COC(=O)C(C)SCC(=O)Nc2ccc(F)cc2)c(=O)[nH]c1=O. The van der Waals surface area contributed by atoms with E-state index < -0.39 is 52.1 Å². The third kappa shape index (κ3) is 6.54. The van der Waals surface area contributed by atoms with E-state index in [1.807, 2.05) is 4.98 Å². The Hall–Kier alpha value is -3.41. The first-order valence-electron chi connectivity index (χ1n) is 9.63. The van der Waals surface area contributed by atoms with Gasteiger partial charge in [0, 0.05) is 12.2 Å². The molecule has 1 aromatic carbocycles. The van der Waals surface area contributed by atoms with Crippen molar-refractivity contribution in [1.29, 1.82) is 0 Å². The summed E-state index contributed by atoms with van der Waals surface area (Å²) >= 11 is 0.970. The third-order valence-electron chi connectivity index (χ3n) is 4.24. The van der Waals surface area contributed by atoms with E-state index >= 15 is 0 Å². The molecular weight excluding hydrogens is 443 g/mol. The smallest absolute Gasteiger partial charge is 0.329 e. The molecule has 32 heavy (non-hydrogen) atoms. The fraction of sp³-hybridized carbons (Fsp3) is 0.350. The molecule has 0 radical (unpaired) electrons. The van der Waals surface area contributed by atoms with Crippen molar-refractivity contribution >= 4 is 40.9 Å². The predicted octanol–water partition coefficient (Wildman–Crippen LogP) is 1.15. The Labute approximate surface area is 186 Å². The number of benzene rings is 1. The first-order chi connectivity index (χ1) is 15.1. The second-order valence-corrected chi connectivity index (χ2v) is 8.04. The van der Waals surface area contributed by atoms with Crippen molar-refractivity contribution in [2.24, 2.45) is 0 Å². The van der Waals surface area contributed by atoms with E-state index in [1.165, 1.54) is 31.2 Å². The number of anilines is 2. The van der Waals surface area contributed by atoms with Gasteiger partial charge in [0.2, 0.25) is 11.7 Å². The number of nitrogens with one attached hydrogen (secondary N) is 2. The summed E-state index contributed by atoms with van der Waals surface area (Å²) in [6, 6.07) is 5.20. The maximum absolute atomic E-state index is 12.9. The zero-order chi connectivity index (χ0) is 23.8. The molecule has 2 aromatic rings. The van der Waals surface area contributed by atoms with E-state index in [9.17, 15) is 28.4 Å². The third-order valence-corrected chi connectivity index (χ3v) is 5.36. The highest BCUT2D eigenvalue weighted by atomic mass is 32.2. The van der Waals surface area contributed by atoms with Gasteiger partial charge in [-0.2, -0.15) is 0 Å². The van der Waals surface area contributed by atoms with Crippen LogP contribution in [0, 0.1) is 5.82 Å². The predicted molar refractivity (Wildman–Crippen MR) is 118 cm³/mol. The number of esters is 1. The summed E-state index contributed by atoms with van der Waals surface area (Å²) in [6.45, 7) is 2.74. The number of rotatable bonds is 10. The van der Waals surface area contributed by atoms with Crippen LogP contribution < -0.4 is 22.3 Å². The average molecular weight is 466 g/mol. The van der Waals surface area contributed by atoms with Gasteiger partial charge in [-0.25, -0.2) is 9.18 Å². The number of halogens is 1. The fourth-order valence-corrected chi connectivity index (χ4v) is 3.31. The number of thioether (sulfide) groups is 1. The molecule has 0 spiro atoms. The molecule has 1 aromatic heterocycles. The summed E-state index contributed by atoms with van der Waals surface area (Å²) in [5, 5.41) is 1.77. The molecule has 1 heterocycles. The van der Waals surface area contributed by atoms with Crippen LogP contribution in [-0.2, 0) is 20.9 Å². The molecule has 1 atom stereocenters. The molecular formula is C20H23FN4O6S. The zero-order valence-electron chi connectivity index (χ0n) is 17.5. The Balaban J connectivity index is 1.90. The van der Waals surface area contributed by atoms with Gasteiger partial charge >= 0.3 is 11.7 Å². The van der Waals surface area contributed by atoms with Crippen LogP contribution in [0.15, 0.2) is 33.9 Å². The van der Waals surface area contributed by atoms with Crippen molar-refractivity contribution in [2.75, 3.05) is 23.4 Å². The monoisotopic (exact) mass is 466 g/mol. The van der Waals surface area contributed by atoms with Crippen LogP contribution in [0.4, 0.5) is 15.9 Å². The topological polar surface area (TPSA) is 153 Å². The average Bonchev–Trinajstić information content (AvgIpc) is 2.74. The minimum atomic E-state index is -0.958. The molecule has 0 fully saturated rings.